The molecule has 3 aromatic rings. The molecule has 2 heterocycles. The standard InChI is InChI=1S/C18H17N3O4/c1-2-24-8-7-15-20-14-6-9-25-17(14)16(21-15)13-5-3-4-12(10-13)11-19-18(22)23/h3-10,19H,2,11H2,1H3,(H,22,23). The number of hydrogen-bond acceptors (Lipinski definition) is 5. The fourth-order valence-corrected chi connectivity index (χ4v) is 2.36. The molecule has 1 aromatic carbocycles. The molecule has 7 nitrogen and oxygen atoms in total. The van der Waals surface area contributed by atoms with Crippen molar-refractivity contribution in [1.29, 1.82) is 0 Å². The summed E-state index contributed by atoms with van der Waals surface area (Å²) in [5, 5.41) is 11.1. The molecule has 7 heteroatoms. The molecule has 0 spiro atoms. The van der Waals surface area contributed by atoms with Gasteiger partial charge in [-0.05, 0) is 18.6 Å². The van der Waals surface area contributed by atoms with Crippen molar-refractivity contribution < 1.29 is 19.1 Å². The van der Waals surface area contributed by atoms with Crippen LogP contribution in [0.1, 0.15) is 18.3 Å². The number of furan rings is 1. The lowest BCUT2D eigenvalue weighted by Gasteiger charge is -2.07. The molecule has 0 saturated heterocycles. The Morgan fingerprint density at radius 3 is 3.04 bits per heavy atom. The molecular weight excluding hydrogens is 322 g/mol. The molecule has 25 heavy (non-hydrogen) atoms. The average molecular weight is 339 g/mol. The van der Waals surface area contributed by atoms with Crippen molar-refractivity contribution >= 4 is 23.3 Å². The third kappa shape index (κ3) is 3.95. The predicted molar refractivity (Wildman–Crippen MR) is 92.8 cm³/mol. The Kier molecular flexibility index (Phi) is 4.94. The number of hydrogen-bond donors (Lipinski definition) is 2. The molecular formula is C18H17N3O4. The second-order valence-corrected chi connectivity index (χ2v) is 5.18. The van der Waals surface area contributed by atoms with Gasteiger partial charge in [0.1, 0.15) is 11.2 Å². The number of ether oxygens (including phenoxy) is 1. The third-order valence-electron chi connectivity index (χ3n) is 3.45. The maximum Gasteiger partial charge on any atom is 0.404 e. The van der Waals surface area contributed by atoms with Crippen LogP contribution in [0.5, 0.6) is 0 Å². The van der Waals surface area contributed by atoms with Gasteiger partial charge < -0.3 is 19.6 Å². The van der Waals surface area contributed by atoms with E-state index in [1.807, 2.05) is 31.2 Å². The van der Waals surface area contributed by atoms with Crippen molar-refractivity contribution in [2.24, 2.45) is 0 Å². The summed E-state index contributed by atoms with van der Waals surface area (Å²) in [5.41, 5.74) is 3.55. The summed E-state index contributed by atoms with van der Waals surface area (Å²) in [4.78, 5) is 19.6. The Bertz CT molecular complexity index is 918. The summed E-state index contributed by atoms with van der Waals surface area (Å²) in [5.74, 6) is 0.506. The lowest BCUT2D eigenvalue weighted by atomic mass is 10.1. The van der Waals surface area contributed by atoms with Crippen LogP contribution in [0, 0.1) is 0 Å². The van der Waals surface area contributed by atoms with Gasteiger partial charge in [0.25, 0.3) is 0 Å². The lowest BCUT2D eigenvalue weighted by molar-refractivity contribution is 0.194. The van der Waals surface area contributed by atoms with Crippen molar-refractivity contribution in [2.45, 2.75) is 13.5 Å². The fourth-order valence-electron chi connectivity index (χ4n) is 2.36. The average Bonchev–Trinajstić information content (AvgIpc) is 3.08. The largest absolute Gasteiger partial charge is 0.501 e. The Hall–Kier alpha value is -3.35. The quantitative estimate of drug-likeness (QED) is 0.665. The van der Waals surface area contributed by atoms with Crippen molar-refractivity contribution in [1.82, 2.24) is 15.3 Å². The number of benzene rings is 1. The molecule has 2 N–H and O–H groups in total. The van der Waals surface area contributed by atoms with Gasteiger partial charge in [0.15, 0.2) is 11.4 Å². The second kappa shape index (κ2) is 7.48. The van der Waals surface area contributed by atoms with E-state index >= 15 is 0 Å². The molecule has 0 unspecified atom stereocenters. The van der Waals surface area contributed by atoms with E-state index in [1.165, 1.54) is 0 Å². The van der Waals surface area contributed by atoms with Gasteiger partial charge in [-0.3, -0.25) is 0 Å². The van der Waals surface area contributed by atoms with E-state index in [0.717, 1.165) is 11.1 Å². The number of nitrogens with one attached hydrogen (secondary N) is 1. The highest BCUT2D eigenvalue weighted by molar-refractivity contribution is 5.88. The van der Waals surface area contributed by atoms with Crippen LogP contribution in [-0.2, 0) is 11.3 Å². The number of carbonyl (C=O) groups is 1. The molecule has 0 saturated carbocycles. The number of rotatable bonds is 6. The minimum atomic E-state index is -1.07. The second-order valence-electron chi connectivity index (χ2n) is 5.18. The summed E-state index contributed by atoms with van der Waals surface area (Å²) in [6, 6.07) is 9.23. The number of carboxylic acid groups (broad SMARTS) is 1. The summed E-state index contributed by atoms with van der Waals surface area (Å²) in [6.45, 7) is 2.68. The van der Waals surface area contributed by atoms with E-state index < -0.39 is 6.09 Å². The molecule has 2 aromatic heterocycles. The highest BCUT2D eigenvalue weighted by atomic mass is 16.5. The van der Waals surface area contributed by atoms with Crippen LogP contribution in [0.4, 0.5) is 4.79 Å². The molecule has 0 aliphatic heterocycles. The monoisotopic (exact) mass is 339 g/mol. The van der Waals surface area contributed by atoms with Crippen LogP contribution < -0.4 is 5.32 Å². The number of nitrogens with zero attached hydrogens (tertiary/aromatic N) is 2. The topological polar surface area (TPSA) is 97.5 Å². The van der Waals surface area contributed by atoms with Crippen molar-refractivity contribution in [3.05, 3.63) is 54.2 Å². The van der Waals surface area contributed by atoms with Gasteiger partial charge in [0.05, 0.1) is 19.1 Å². The number of amides is 1. The molecule has 0 radical (unpaired) electrons. The Labute approximate surface area is 144 Å². The summed E-state index contributed by atoms with van der Waals surface area (Å²) in [7, 11) is 0. The minimum Gasteiger partial charge on any atom is -0.501 e. The molecule has 3 rings (SSSR count). The molecule has 0 aliphatic rings. The Balaban J connectivity index is 2.00. The van der Waals surface area contributed by atoms with E-state index in [0.29, 0.717) is 29.2 Å². The minimum absolute atomic E-state index is 0.215. The zero-order chi connectivity index (χ0) is 17.6. The zero-order valence-electron chi connectivity index (χ0n) is 13.6. The highest BCUT2D eigenvalue weighted by Gasteiger charge is 2.12. The third-order valence-corrected chi connectivity index (χ3v) is 3.45. The molecule has 0 aliphatic carbocycles. The maximum atomic E-state index is 10.7. The summed E-state index contributed by atoms with van der Waals surface area (Å²) < 4.78 is 10.7. The SMILES string of the molecule is CCOC=Cc1nc(-c2cccc(CNC(=O)O)c2)c2occc2n1. The van der Waals surface area contributed by atoms with Gasteiger partial charge in [-0.15, -0.1) is 0 Å². The van der Waals surface area contributed by atoms with Gasteiger partial charge in [-0.25, -0.2) is 14.8 Å². The van der Waals surface area contributed by atoms with Crippen LogP contribution in [0.2, 0.25) is 0 Å². The highest BCUT2D eigenvalue weighted by Crippen LogP contribution is 2.27. The van der Waals surface area contributed by atoms with Crippen molar-refractivity contribution in [3.8, 4) is 11.3 Å². The van der Waals surface area contributed by atoms with Crippen LogP contribution in [-0.4, -0.2) is 27.8 Å². The summed E-state index contributed by atoms with van der Waals surface area (Å²) in [6.07, 6.45) is 3.74. The van der Waals surface area contributed by atoms with E-state index in [2.05, 4.69) is 15.3 Å². The first-order valence-corrected chi connectivity index (χ1v) is 7.77. The van der Waals surface area contributed by atoms with Crippen LogP contribution in [0.15, 0.2) is 47.3 Å². The molecule has 0 fully saturated rings. The van der Waals surface area contributed by atoms with E-state index in [4.69, 9.17) is 14.3 Å². The van der Waals surface area contributed by atoms with Crippen LogP contribution in [0.25, 0.3) is 28.4 Å². The Morgan fingerprint density at radius 2 is 2.24 bits per heavy atom. The molecule has 0 atom stereocenters. The predicted octanol–water partition coefficient (Wildman–Crippen LogP) is 3.66. The normalized spacial score (nSPS) is 11.1. The van der Waals surface area contributed by atoms with Gasteiger partial charge in [-0.1, -0.05) is 18.2 Å². The van der Waals surface area contributed by atoms with Crippen molar-refractivity contribution in [3.63, 3.8) is 0 Å². The molecule has 0 bridgehead atoms. The maximum absolute atomic E-state index is 10.7. The molecule has 128 valence electrons. The smallest absolute Gasteiger partial charge is 0.404 e. The van der Waals surface area contributed by atoms with Gasteiger partial charge >= 0.3 is 6.09 Å². The number of fused-ring (bicyclic) bond motifs is 1. The first-order valence-electron chi connectivity index (χ1n) is 7.77. The van der Waals surface area contributed by atoms with E-state index in [9.17, 15) is 4.79 Å². The summed E-state index contributed by atoms with van der Waals surface area (Å²) >= 11 is 0. The van der Waals surface area contributed by atoms with E-state index in [1.54, 1.807) is 24.7 Å². The van der Waals surface area contributed by atoms with Crippen LogP contribution in [0.3, 0.4) is 0 Å². The Morgan fingerprint density at radius 1 is 1.36 bits per heavy atom. The first kappa shape index (κ1) is 16.5. The number of aromatic nitrogens is 2. The van der Waals surface area contributed by atoms with Crippen LogP contribution >= 0.6 is 0 Å². The van der Waals surface area contributed by atoms with Gasteiger partial charge in [-0.2, -0.15) is 0 Å². The first-order chi connectivity index (χ1) is 12.2. The van der Waals surface area contributed by atoms with E-state index in [-0.39, 0.29) is 6.54 Å². The van der Waals surface area contributed by atoms with Gasteiger partial charge in [0, 0.05) is 24.3 Å². The zero-order valence-corrected chi connectivity index (χ0v) is 13.6. The lowest BCUT2D eigenvalue weighted by Crippen LogP contribution is -2.19. The van der Waals surface area contributed by atoms with Gasteiger partial charge in [0.2, 0.25) is 0 Å². The fraction of sp³-hybridized carbons (Fsp3) is 0.167. The molecule has 1 amide bonds. The van der Waals surface area contributed by atoms with Crippen molar-refractivity contribution in [2.75, 3.05) is 6.61 Å².